The van der Waals surface area contributed by atoms with Crippen LogP contribution in [0.25, 0.3) is 0 Å². The fourth-order valence-electron chi connectivity index (χ4n) is 4.44. The number of morpholine rings is 1. The van der Waals surface area contributed by atoms with Gasteiger partial charge >= 0.3 is 0 Å². The standard InChI is InChI=1S/C24H37N3O6S/c1-4-5-10-25(2)24(29)20-8-11-26(12-9-20)23(28)18-19-6-7-21(32-3)22(17-19)34(30,31)27-13-15-33-16-14-27/h6-7,17,20H,4-5,8-16,18H2,1-3H3. The fraction of sp³-hybridized carbons (Fsp3) is 0.667. The molecule has 34 heavy (non-hydrogen) atoms. The van der Waals surface area contributed by atoms with E-state index in [1.54, 1.807) is 28.0 Å². The van der Waals surface area contributed by atoms with Gasteiger partial charge in [-0.05, 0) is 37.0 Å². The van der Waals surface area contributed by atoms with E-state index in [4.69, 9.17) is 9.47 Å². The van der Waals surface area contributed by atoms with E-state index in [0.717, 1.165) is 19.4 Å². The van der Waals surface area contributed by atoms with Crippen LogP contribution in [0.4, 0.5) is 0 Å². The predicted molar refractivity (Wildman–Crippen MR) is 128 cm³/mol. The molecule has 0 unspecified atom stereocenters. The van der Waals surface area contributed by atoms with Crippen LogP contribution in [-0.2, 0) is 30.8 Å². The van der Waals surface area contributed by atoms with E-state index in [-0.39, 0.29) is 47.9 Å². The number of rotatable bonds is 9. The van der Waals surface area contributed by atoms with Gasteiger partial charge in [0.05, 0.1) is 26.7 Å². The number of unbranched alkanes of at least 4 members (excludes halogenated alkanes) is 1. The van der Waals surface area contributed by atoms with Crippen LogP contribution in [-0.4, -0.2) is 94.4 Å². The second kappa shape index (κ2) is 12.0. The smallest absolute Gasteiger partial charge is 0.246 e. The van der Waals surface area contributed by atoms with Gasteiger partial charge in [-0.3, -0.25) is 9.59 Å². The zero-order chi connectivity index (χ0) is 24.7. The molecule has 2 heterocycles. The van der Waals surface area contributed by atoms with Crippen molar-refractivity contribution >= 4 is 21.8 Å². The van der Waals surface area contributed by atoms with Crippen molar-refractivity contribution in [2.45, 2.75) is 43.9 Å². The number of likely N-dealkylation sites (tertiary alicyclic amines) is 1. The third-order valence-electron chi connectivity index (χ3n) is 6.59. The van der Waals surface area contributed by atoms with Crippen molar-refractivity contribution < 1.29 is 27.5 Å². The fourth-order valence-corrected chi connectivity index (χ4v) is 6.05. The molecule has 9 nitrogen and oxygen atoms in total. The summed E-state index contributed by atoms with van der Waals surface area (Å²) >= 11 is 0. The first-order valence-electron chi connectivity index (χ1n) is 12.1. The highest BCUT2D eigenvalue weighted by Gasteiger charge is 2.31. The minimum absolute atomic E-state index is 0.0443. The number of sulfonamides is 1. The van der Waals surface area contributed by atoms with Gasteiger partial charge in [-0.2, -0.15) is 4.31 Å². The number of hydrogen-bond acceptors (Lipinski definition) is 6. The van der Waals surface area contributed by atoms with Crippen molar-refractivity contribution in [3.05, 3.63) is 23.8 Å². The number of carbonyl (C=O) groups excluding carboxylic acids is 2. The zero-order valence-corrected chi connectivity index (χ0v) is 21.3. The Hall–Kier alpha value is -2.17. The molecule has 3 rings (SSSR count). The molecule has 0 atom stereocenters. The summed E-state index contributed by atoms with van der Waals surface area (Å²) in [7, 11) is -0.475. The van der Waals surface area contributed by atoms with Crippen molar-refractivity contribution in [1.82, 2.24) is 14.1 Å². The van der Waals surface area contributed by atoms with Crippen LogP contribution in [0.1, 0.15) is 38.2 Å². The normalized spacial score (nSPS) is 18.0. The van der Waals surface area contributed by atoms with Crippen molar-refractivity contribution in [2.24, 2.45) is 5.92 Å². The number of benzene rings is 1. The highest BCUT2D eigenvalue weighted by Crippen LogP contribution is 2.29. The number of carbonyl (C=O) groups is 2. The second-order valence-corrected chi connectivity index (χ2v) is 10.9. The molecule has 0 bridgehead atoms. The molecular weight excluding hydrogens is 458 g/mol. The Morgan fingerprint density at radius 3 is 2.44 bits per heavy atom. The van der Waals surface area contributed by atoms with E-state index in [9.17, 15) is 18.0 Å². The van der Waals surface area contributed by atoms with Crippen LogP contribution in [0, 0.1) is 5.92 Å². The van der Waals surface area contributed by atoms with Crippen LogP contribution in [0.2, 0.25) is 0 Å². The number of hydrogen-bond donors (Lipinski definition) is 0. The first-order valence-corrected chi connectivity index (χ1v) is 13.5. The highest BCUT2D eigenvalue weighted by atomic mass is 32.2. The van der Waals surface area contributed by atoms with Gasteiger partial charge < -0.3 is 19.3 Å². The molecule has 1 aromatic rings. The van der Waals surface area contributed by atoms with Gasteiger partial charge in [0.2, 0.25) is 21.8 Å². The number of piperidine rings is 1. The third kappa shape index (κ3) is 6.28. The Morgan fingerprint density at radius 2 is 1.82 bits per heavy atom. The summed E-state index contributed by atoms with van der Waals surface area (Å²) in [5, 5.41) is 0. The van der Waals surface area contributed by atoms with E-state index in [0.29, 0.717) is 44.7 Å². The molecule has 2 aliphatic heterocycles. The molecule has 0 aliphatic carbocycles. The summed E-state index contributed by atoms with van der Waals surface area (Å²) in [6.45, 7) is 5.22. The Bertz CT molecular complexity index is 953. The van der Waals surface area contributed by atoms with Gasteiger partial charge in [0, 0.05) is 45.7 Å². The van der Waals surface area contributed by atoms with Gasteiger partial charge in [0.25, 0.3) is 0 Å². The first kappa shape index (κ1) is 26.4. The predicted octanol–water partition coefficient (Wildman–Crippen LogP) is 1.76. The molecule has 0 spiro atoms. The van der Waals surface area contributed by atoms with Crippen molar-refractivity contribution in [3.63, 3.8) is 0 Å². The van der Waals surface area contributed by atoms with Gasteiger partial charge in [0.1, 0.15) is 10.6 Å². The molecule has 2 fully saturated rings. The average molecular weight is 496 g/mol. The second-order valence-electron chi connectivity index (χ2n) is 8.95. The Morgan fingerprint density at radius 1 is 1.15 bits per heavy atom. The molecule has 2 saturated heterocycles. The first-order chi connectivity index (χ1) is 16.3. The van der Waals surface area contributed by atoms with Crippen LogP contribution in [0.5, 0.6) is 5.75 Å². The average Bonchev–Trinajstić information content (AvgIpc) is 2.87. The van der Waals surface area contributed by atoms with Gasteiger partial charge in [-0.25, -0.2) is 8.42 Å². The lowest BCUT2D eigenvalue weighted by atomic mass is 9.95. The zero-order valence-electron chi connectivity index (χ0n) is 20.5. The molecule has 1 aromatic carbocycles. The lowest BCUT2D eigenvalue weighted by Crippen LogP contribution is -2.44. The van der Waals surface area contributed by atoms with Crippen molar-refractivity contribution in [2.75, 3.05) is 60.1 Å². The minimum Gasteiger partial charge on any atom is -0.495 e. The summed E-state index contributed by atoms with van der Waals surface area (Å²) in [4.78, 5) is 29.2. The van der Waals surface area contributed by atoms with E-state index < -0.39 is 10.0 Å². The monoisotopic (exact) mass is 495 g/mol. The van der Waals surface area contributed by atoms with Crippen molar-refractivity contribution in [1.29, 1.82) is 0 Å². The highest BCUT2D eigenvalue weighted by molar-refractivity contribution is 7.89. The summed E-state index contributed by atoms with van der Waals surface area (Å²) in [6.07, 6.45) is 3.45. The van der Waals surface area contributed by atoms with Crippen LogP contribution in [0.15, 0.2) is 23.1 Å². The van der Waals surface area contributed by atoms with Gasteiger partial charge in [-0.1, -0.05) is 19.4 Å². The molecule has 2 aliphatic rings. The molecule has 190 valence electrons. The van der Waals surface area contributed by atoms with E-state index in [2.05, 4.69) is 6.92 Å². The molecule has 0 aromatic heterocycles. The maximum Gasteiger partial charge on any atom is 0.246 e. The summed E-state index contributed by atoms with van der Waals surface area (Å²) < 4.78 is 38.3. The van der Waals surface area contributed by atoms with Crippen LogP contribution in [0.3, 0.4) is 0 Å². The lowest BCUT2D eigenvalue weighted by molar-refractivity contribution is -0.139. The molecule has 10 heteroatoms. The third-order valence-corrected chi connectivity index (χ3v) is 8.51. The lowest BCUT2D eigenvalue weighted by Gasteiger charge is -2.33. The minimum atomic E-state index is -3.76. The van der Waals surface area contributed by atoms with Crippen LogP contribution < -0.4 is 4.74 Å². The largest absolute Gasteiger partial charge is 0.495 e. The molecule has 0 N–H and O–H groups in total. The van der Waals surface area contributed by atoms with E-state index in [1.165, 1.54) is 11.4 Å². The molecule has 0 radical (unpaired) electrons. The summed E-state index contributed by atoms with van der Waals surface area (Å²) in [5.41, 5.74) is 0.620. The van der Waals surface area contributed by atoms with E-state index in [1.807, 2.05) is 7.05 Å². The van der Waals surface area contributed by atoms with Crippen molar-refractivity contribution in [3.8, 4) is 5.75 Å². The maximum atomic E-state index is 13.2. The number of ether oxygens (including phenoxy) is 2. The SMILES string of the molecule is CCCCN(C)C(=O)C1CCN(C(=O)Cc2ccc(OC)c(S(=O)(=O)N3CCOCC3)c2)CC1. The summed E-state index contributed by atoms with van der Waals surface area (Å²) in [6, 6.07) is 4.88. The number of methoxy groups -OCH3 is 1. The summed E-state index contributed by atoms with van der Waals surface area (Å²) in [5.74, 6) is 0.310. The van der Waals surface area contributed by atoms with Crippen LogP contribution >= 0.6 is 0 Å². The number of amides is 2. The number of nitrogens with zero attached hydrogens (tertiary/aromatic N) is 3. The quantitative estimate of drug-likeness (QED) is 0.518. The Kier molecular flexibility index (Phi) is 9.32. The Labute approximate surface area is 203 Å². The van der Waals surface area contributed by atoms with Gasteiger partial charge in [0.15, 0.2) is 0 Å². The maximum absolute atomic E-state index is 13.2. The topological polar surface area (TPSA) is 96.5 Å². The molecule has 2 amide bonds. The van der Waals surface area contributed by atoms with Gasteiger partial charge in [-0.15, -0.1) is 0 Å². The van der Waals surface area contributed by atoms with E-state index >= 15 is 0 Å². The Balaban J connectivity index is 1.63. The molecule has 0 saturated carbocycles. The molecular formula is C24H37N3O6S.